The zero-order chi connectivity index (χ0) is 11.7. The fourth-order valence-corrected chi connectivity index (χ4v) is 2.21. The molecular weight excluding hydrogens is 220 g/mol. The molecule has 0 heterocycles. The Morgan fingerprint density at radius 3 is 2.60 bits per heavy atom. The normalized spacial score (nSPS) is 14.1. The number of hydrogen-bond donors (Lipinski definition) is 3. The maximum absolute atomic E-state index is 11.4. The Bertz CT molecular complexity index is 237. The summed E-state index contributed by atoms with van der Waals surface area (Å²) in [5.41, 5.74) is 0. The Balaban J connectivity index is 4.12. The van der Waals surface area contributed by atoms with Gasteiger partial charge in [-0.1, -0.05) is 6.92 Å². The van der Waals surface area contributed by atoms with Gasteiger partial charge in [0, 0.05) is 26.3 Å². The first-order valence-electron chi connectivity index (χ1n) is 4.92. The zero-order valence-corrected chi connectivity index (χ0v) is 10.0. The van der Waals surface area contributed by atoms with E-state index in [1.54, 1.807) is 0 Å². The molecule has 0 aliphatic carbocycles. The highest BCUT2D eigenvalue weighted by molar-refractivity contribution is 7.87. The lowest BCUT2D eigenvalue weighted by Crippen LogP contribution is -2.45. The van der Waals surface area contributed by atoms with Crippen molar-refractivity contribution >= 4 is 10.2 Å². The summed E-state index contributed by atoms with van der Waals surface area (Å²) in [4.78, 5) is 0. The summed E-state index contributed by atoms with van der Waals surface area (Å²) in [6, 6.07) is -0.394. The molecule has 0 rings (SSSR count). The topological polar surface area (TPSA) is 87.7 Å². The zero-order valence-electron chi connectivity index (χ0n) is 9.19. The van der Waals surface area contributed by atoms with Crippen LogP contribution in [0.5, 0.6) is 0 Å². The molecule has 0 aromatic carbocycles. The van der Waals surface area contributed by atoms with Gasteiger partial charge in [0.05, 0.1) is 6.61 Å². The van der Waals surface area contributed by atoms with Gasteiger partial charge in [-0.05, 0) is 12.8 Å². The molecule has 6 nitrogen and oxygen atoms in total. The largest absolute Gasteiger partial charge is 0.396 e. The van der Waals surface area contributed by atoms with Gasteiger partial charge in [-0.15, -0.1) is 0 Å². The number of rotatable bonds is 9. The van der Waals surface area contributed by atoms with Crippen LogP contribution in [0.1, 0.15) is 19.8 Å². The van der Waals surface area contributed by atoms with Gasteiger partial charge < -0.3 is 9.84 Å². The van der Waals surface area contributed by atoms with Crippen molar-refractivity contribution in [1.29, 1.82) is 0 Å². The summed E-state index contributed by atoms with van der Waals surface area (Å²) < 4.78 is 32.4. The number of ether oxygens (including phenoxy) is 1. The minimum absolute atomic E-state index is 0.0790. The quantitative estimate of drug-likeness (QED) is 0.493. The predicted octanol–water partition coefficient (Wildman–Crippen LogP) is -0.782. The second-order valence-electron chi connectivity index (χ2n) is 3.18. The molecule has 3 N–H and O–H groups in total. The lowest BCUT2D eigenvalue weighted by molar-refractivity contribution is 0.157. The average Bonchev–Trinajstić information content (AvgIpc) is 2.15. The van der Waals surface area contributed by atoms with Gasteiger partial charge in [-0.2, -0.15) is 13.1 Å². The van der Waals surface area contributed by atoms with E-state index in [-0.39, 0.29) is 13.2 Å². The molecule has 15 heavy (non-hydrogen) atoms. The van der Waals surface area contributed by atoms with Gasteiger partial charge in [-0.3, -0.25) is 0 Å². The van der Waals surface area contributed by atoms with E-state index in [1.165, 1.54) is 7.11 Å². The van der Waals surface area contributed by atoms with Gasteiger partial charge in [0.15, 0.2) is 0 Å². The van der Waals surface area contributed by atoms with Gasteiger partial charge in [0.25, 0.3) is 10.2 Å². The van der Waals surface area contributed by atoms with Crippen LogP contribution in [0, 0.1) is 0 Å². The van der Waals surface area contributed by atoms with Gasteiger partial charge in [0.1, 0.15) is 0 Å². The summed E-state index contributed by atoms with van der Waals surface area (Å²) in [5.74, 6) is 0. The van der Waals surface area contributed by atoms with Crippen LogP contribution in [-0.4, -0.2) is 46.4 Å². The van der Waals surface area contributed by atoms with Crippen molar-refractivity contribution in [2.75, 3.05) is 26.9 Å². The maximum atomic E-state index is 11.4. The molecular formula is C8H20N2O4S. The second-order valence-corrected chi connectivity index (χ2v) is 4.71. The average molecular weight is 240 g/mol. The number of hydrogen-bond acceptors (Lipinski definition) is 4. The van der Waals surface area contributed by atoms with Gasteiger partial charge in [-0.25, -0.2) is 4.72 Å². The smallest absolute Gasteiger partial charge is 0.277 e. The number of nitrogens with one attached hydrogen (secondary N) is 2. The number of aliphatic hydroxyl groups is 1. The Hall–Kier alpha value is -0.210. The fourth-order valence-electron chi connectivity index (χ4n) is 1.03. The molecule has 0 spiro atoms. The van der Waals surface area contributed by atoms with Crippen molar-refractivity contribution in [3.63, 3.8) is 0 Å². The van der Waals surface area contributed by atoms with E-state index in [2.05, 4.69) is 9.44 Å². The van der Waals surface area contributed by atoms with E-state index in [1.807, 2.05) is 6.92 Å². The lowest BCUT2D eigenvalue weighted by atomic mass is 10.2. The molecule has 0 fully saturated rings. The standard InChI is InChI=1S/C8H20N2O4S/c1-3-5-9-15(12,13)10-8(4-6-11)7-14-2/h8-11H,3-7H2,1-2H3. The Morgan fingerprint density at radius 2 is 2.13 bits per heavy atom. The third-order valence-corrected chi connectivity index (χ3v) is 2.94. The highest BCUT2D eigenvalue weighted by Gasteiger charge is 2.16. The highest BCUT2D eigenvalue weighted by atomic mass is 32.2. The molecule has 0 aliphatic rings. The SMILES string of the molecule is CCCNS(=O)(=O)NC(CCO)COC. The molecule has 0 radical (unpaired) electrons. The van der Waals surface area contributed by atoms with Crippen molar-refractivity contribution in [3.05, 3.63) is 0 Å². The molecule has 0 saturated carbocycles. The first-order chi connectivity index (χ1) is 7.05. The molecule has 0 saturated heterocycles. The Kier molecular flexibility index (Phi) is 7.89. The van der Waals surface area contributed by atoms with Crippen LogP contribution in [0.4, 0.5) is 0 Å². The fraction of sp³-hybridized carbons (Fsp3) is 1.00. The van der Waals surface area contributed by atoms with Gasteiger partial charge in [0.2, 0.25) is 0 Å². The van der Waals surface area contributed by atoms with Crippen molar-refractivity contribution in [3.8, 4) is 0 Å². The summed E-state index contributed by atoms with van der Waals surface area (Å²) in [7, 11) is -1.99. The summed E-state index contributed by atoms with van der Waals surface area (Å²) >= 11 is 0. The van der Waals surface area contributed by atoms with E-state index in [9.17, 15) is 8.42 Å². The predicted molar refractivity (Wildman–Crippen MR) is 57.7 cm³/mol. The summed E-state index contributed by atoms with van der Waals surface area (Å²) in [6.07, 6.45) is 1.07. The molecule has 92 valence electrons. The minimum atomic E-state index is -3.48. The Morgan fingerprint density at radius 1 is 1.47 bits per heavy atom. The van der Waals surface area contributed by atoms with Crippen molar-refractivity contribution in [1.82, 2.24) is 9.44 Å². The highest BCUT2D eigenvalue weighted by Crippen LogP contribution is 1.94. The van der Waals surface area contributed by atoms with Crippen molar-refractivity contribution < 1.29 is 18.3 Å². The van der Waals surface area contributed by atoms with Crippen molar-refractivity contribution in [2.24, 2.45) is 0 Å². The first kappa shape index (κ1) is 14.8. The van der Waals surface area contributed by atoms with E-state index < -0.39 is 16.3 Å². The van der Waals surface area contributed by atoms with Crippen molar-refractivity contribution in [2.45, 2.75) is 25.8 Å². The van der Waals surface area contributed by atoms with E-state index >= 15 is 0 Å². The summed E-state index contributed by atoms with van der Waals surface area (Å²) in [5, 5.41) is 8.73. The van der Waals surface area contributed by atoms with E-state index in [4.69, 9.17) is 9.84 Å². The van der Waals surface area contributed by atoms with Crippen LogP contribution >= 0.6 is 0 Å². The monoisotopic (exact) mass is 240 g/mol. The molecule has 0 aliphatic heterocycles. The van der Waals surface area contributed by atoms with Gasteiger partial charge >= 0.3 is 0 Å². The maximum Gasteiger partial charge on any atom is 0.277 e. The van der Waals surface area contributed by atoms with Crippen LogP contribution < -0.4 is 9.44 Å². The number of aliphatic hydroxyl groups excluding tert-OH is 1. The molecule has 0 amide bonds. The first-order valence-corrected chi connectivity index (χ1v) is 6.40. The summed E-state index contributed by atoms with van der Waals surface area (Å²) in [6.45, 7) is 2.44. The van der Waals surface area contributed by atoms with Crippen LogP contribution in [0.3, 0.4) is 0 Å². The molecule has 0 aromatic rings. The van der Waals surface area contributed by atoms with Crippen LogP contribution in [0.25, 0.3) is 0 Å². The Labute approximate surface area is 91.2 Å². The van der Waals surface area contributed by atoms with E-state index in [0.717, 1.165) is 6.42 Å². The van der Waals surface area contributed by atoms with Crippen LogP contribution in [0.2, 0.25) is 0 Å². The minimum Gasteiger partial charge on any atom is -0.396 e. The second kappa shape index (κ2) is 8.00. The van der Waals surface area contributed by atoms with Crippen LogP contribution in [0.15, 0.2) is 0 Å². The van der Waals surface area contributed by atoms with Crippen LogP contribution in [-0.2, 0) is 14.9 Å². The molecule has 0 aromatic heterocycles. The molecule has 0 bridgehead atoms. The molecule has 1 atom stereocenters. The van der Waals surface area contributed by atoms with E-state index in [0.29, 0.717) is 13.0 Å². The lowest BCUT2D eigenvalue weighted by Gasteiger charge is -2.16. The third kappa shape index (κ3) is 7.69. The molecule has 7 heteroatoms. The molecule has 1 unspecified atom stereocenters. The third-order valence-electron chi connectivity index (χ3n) is 1.71. The number of methoxy groups -OCH3 is 1.